The lowest BCUT2D eigenvalue weighted by Gasteiger charge is -2.01. The van der Waals surface area contributed by atoms with Crippen molar-refractivity contribution in [3.63, 3.8) is 0 Å². The molecule has 0 atom stereocenters. The molecule has 0 fully saturated rings. The van der Waals surface area contributed by atoms with Crippen molar-refractivity contribution in [3.8, 4) is 0 Å². The molecule has 2 nitrogen and oxygen atoms in total. The maximum Gasteiger partial charge on any atom is 0.180 e. The minimum absolute atomic E-state index is 0.00690. The molecule has 0 unspecified atom stereocenters. The van der Waals surface area contributed by atoms with Gasteiger partial charge in [-0.2, -0.15) is 0 Å². The summed E-state index contributed by atoms with van der Waals surface area (Å²) < 4.78 is 0. The Bertz CT molecular complexity index is 363. The number of hydrogen-bond donors (Lipinski definition) is 0. The average Bonchev–Trinajstić information content (AvgIpc) is 2.25. The fraction of sp³-hybridized carbons (Fsp3) is 0.154. The lowest BCUT2D eigenvalue weighted by atomic mass is 10.2. The monoisotopic (exact) mass is 201 g/mol. The van der Waals surface area contributed by atoms with E-state index in [0.717, 1.165) is 5.56 Å². The molecule has 2 heteroatoms. The summed E-state index contributed by atoms with van der Waals surface area (Å²) >= 11 is 0. The number of ketones is 1. The lowest BCUT2D eigenvalue weighted by molar-refractivity contribution is -0.110. The van der Waals surface area contributed by atoms with Gasteiger partial charge in [0.1, 0.15) is 0 Å². The molecule has 1 aromatic carbocycles. The van der Waals surface area contributed by atoms with Crippen LogP contribution in [0.25, 0.3) is 6.08 Å². The first-order chi connectivity index (χ1) is 7.18. The third-order valence-electron chi connectivity index (χ3n) is 1.78. The van der Waals surface area contributed by atoms with Gasteiger partial charge in [-0.1, -0.05) is 36.4 Å². The van der Waals surface area contributed by atoms with Crippen LogP contribution in [-0.2, 0) is 4.79 Å². The Morgan fingerprint density at radius 3 is 2.40 bits per heavy atom. The van der Waals surface area contributed by atoms with Gasteiger partial charge in [0.05, 0.1) is 0 Å². The van der Waals surface area contributed by atoms with Gasteiger partial charge >= 0.3 is 0 Å². The summed E-state index contributed by atoms with van der Waals surface area (Å²) in [6, 6.07) is 9.75. The zero-order valence-corrected chi connectivity index (χ0v) is 9.05. The standard InChI is InChI=1S/C13H15NO/c1-14(2)11-10-13(15)9-8-12-6-4-3-5-7-12/h3-11H,1-2H3/b9-8+,11-10+. The van der Waals surface area contributed by atoms with Crippen molar-refractivity contribution in [1.29, 1.82) is 0 Å². The summed E-state index contributed by atoms with van der Waals surface area (Å²) in [6.45, 7) is 0. The molecule has 0 N–H and O–H groups in total. The Balaban J connectivity index is 2.55. The first-order valence-electron chi connectivity index (χ1n) is 4.80. The third kappa shape index (κ3) is 4.81. The van der Waals surface area contributed by atoms with Crippen LogP contribution in [0.2, 0.25) is 0 Å². The molecular formula is C13H15NO. The quantitative estimate of drug-likeness (QED) is 0.697. The first-order valence-corrected chi connectivity index (χ1v) is 4.80. The summed E-state index contributed by atoms with van der Waals surface area (Å²) in [5.41, 5.74) is 1.03. The van der Waals surface area contributed by atoms with E-state index in [9.17, 15) is 4.79 Å². The maximum atomic E-state index is 11.3. The van der Waals surface area contributed by atoms with Crippen molar-refractivity contribution in [2.24, 2.45) is 0 Å². The molecule has 0 spiro atoms. The van der Waals surface area contributed by atoms with Crippen molar-refractivity contribution in [3.05, 3.63) is 54.2 Å². The lowest BCUT2D eigenvalue weighted by Crippen LogP contribution is -2.01. The van der Waals surface area contributed by atoms with E-state index < -0.39 is 0 Å². The van der Waals surface area contributed by atoms with Crippen molar-refractivity contribution in [1.82, 2.24) is 4.90 Å². The van der Waals surface area contributed by atoms with E-state index in [-0.39, 0.29) is 5.78 Å². The average molecular weight is 201 g/mol. The van der Waals surface area contributed by atoms with Crippen LogP contribution in [0.5, 0.6) is 0 Å². The van der Waals surface area contributed by atoms with E-state index in [4.69, 9.17) is 0 Å². The fourth-order valence-electron chi connectivity index (χ4n) is 1.02. The molecule has 0 bridgehead atoms. The molecule has 0 saturated heterocycles. The van der Waals surface area contributed by atoms with Gasteiger partial charge in [0.25, 0.3) is 0 Å². The molecule has 0 aliphatic carbocycles. The van der Waals surface area contributed by atoms with Crippen molar-refractivity contribution < 1.29 is 4.79 Å². The molecule has 0 heterocycles. The highest BCUT2D eigenvalue weighted by atomic mass is 16.1. The minimum Gasteiger partial charge on any atom is -0.383 e. The number of nitrogens with zero attached hydrogens (tertiary/aromatic N) is 1. The van der Waals surface area contributed by atoms with Crippen LogP contribution in [0.15, 0.2) is 48.7 Å². The van der Waals surface area contributed by atoms with Crippen LogP contribution in [0, 0.1) is 0 Å². The number of rotatable bonds is 4. The van der Waals surface area contributed by atoms with Gasteiger partial charge in [0, 0.05) is 26.4 Å². The number of benzene rings is 1. The number of hydrogen-bond acceptors (Lipinski definition) is 2. The summed E-state index contributed by atoms with van der Waals surface area (Å²) in [5, 5.41) is 0. The molecule has 1 rings (SSSR count). The Kier molecular flexibility index (Phi) is 4.35. The second-order valence-corrected chi connectivity index (χ2v) is 3.43. The van der Waals surface area contributed by atoms with Crippen molar-refractivity contribution in [2.75, 3.05) is 14.1 Å². The van der Waals surface area contributed by atoms with Crippen LogP contribution < -0.4 is 0 Å². The molecule has 0 aliphatic rings. The van der Waals surface area contributed by atoms with Crippen molar-refractivity contribution in [2.45, 2.75) is 0 Å². The molecule has 0 aliphatic heterocycles. The third-order valence-corrected chi connectivity index (χ3v) is 1.78. The molecule has 0 amide bonds. The molecular weight excluding hydrogens is 186 g/mol. The first kappa shape index (κ1) is 11.2. The predicted molar refractivity (Wildman–Crippen MR) is 63.3 cm³/mol. The zero-order valence-electron chi connectivity index (χ0n) is 9.05. The van der Waals surface area contributed by atoms with Crippen LogP contribution in [0.3, 0.4) is 0 Å². The predicted octanol–water partition coefficient (Wildman–Crippen LogP) is 2.34. The zero-order chi connectivity index (χ0) is 11.1. The number of carbonyl (C=O) groups excluding carboxylic acids is 1. The number of carbonyl (C=O) groups is 1. The Morgan fingerprint density at radius 1 is 1.13 bits per heavy atom. The second kappa shape index (κ2) is 5.81. The van der Waals surface area contributed by atoms with Crippen LogP contribution in [0.1, 0.15) is 5.56 Å². The molecule has 0 saturated carbocycles. The van der Waals surface area contributed by atoms with Gasteiger partial charge in [0.2, 0.25) is 0 Å². The van der Waals surface area contributed by atoms with E-state index in [1.807, 2.05) is 55.4 Å². The van der Waals surface area contributed by atoms with E-state index in [2.05, 4.69) is 0 Å². The fourth-order valence-corrected chi connectivity index (χ4v) is 1.02. The van der Waals surface area contributed by atoms with Gasteiger partial charge in [-0.3, -0.25) is 4.79 Å². The van der Waals surface area contributed by atoms with Crippen LogP contribution >= 0.6 is 0 Å². The Labute approximate surface area is 90.5 Å². The summed E-state index contributed by atoms with van der Waals surface area (Å²) in [4.78, 5) is 13.1. The highest BCUT2D eigenvalue weighted by Crippen LogP contribution is 2.00. The minimum atomic E-state index is -0.00690. The van der Waals surface area contributed by atoms with Gasteiger partial charge in [-0.15, -0.1) is 0 Å². The second-order valence-electron chi connectivity index (χ2n) is 3.43. The van der Waals surface area contributed by atoms with Gasteiger partial charge in [0.15, 0.2) is 5.78 Å². The molecule has 78 valence electrons. The maximum absolute atomic E-state index is 11.3. The normalized spacial score (nSPS) is 11.1. The van der Waals surface area contributed by atoms with Crippen molar-refractivity contribution >= 4 is 11.9 Å². The molecule has 0 aromatic heterocycles. The van der Waals surface area contributed by atoms with E-state index in [0.29, 0.717) is 0 Å². The van der Waals surface area contributed by atoms with Gasteiger partial charge in [-0.25, -0.2) is 0 Å². The topological polar surface area (TPSA) is 20.3 Å². The van der Waals surface area contributed by atoms with Crippen LogP contribution in [0.4, 0.5) is 0 Å². The van der Waals surface area contributed by atoms with Gasteiger partial charge in [-0.05, 0) is 11.6 Å². The molecule has 1 aromatic rings. The highest BCUT2D eigenvalue weighted by molar-refractivity contribution is 6.01. The molecule has 0 radical (unpaired) electrons. The van der Waals surface area contributed by atoms with E-state index >= 15 is 0 Å². The van der Waals surface area contributed by atoms with Crippen LogP contribution in [-0.4, -0.2) is 24.8 Å². The van der Waals surface area contributed by atoms with Gasteiger partial charge < -0.3 is 4.90 Å². The summed E-state index contributed by atoms with van der Waals surface area (Å²) in [6.07, 6.45) is 6.65. The smallest absolute Gasteiger partial charge is 0.180 e. The van der Waals surface area contributed by atoms with E-state index in [1.54, 1.807) is 18.4 Å². The highest BCUT2D eigenvalue weighted by Gasteiger charge is 1.89. The SMILES string of the molecule is CN(C)/C=C/C(=O)/C=C/c1ccccc1. The molecule has 15 heavy (non-hydrogen) atoms. The Morgan fingerprint density at radius 2 is 1.80 bits per heavy atom. The van der Waals surface area contributed by atoms with E-state index in [1.165, 1.54) is 0 Å². The Hall–Kier alpha value is -1.83. The number of allylic oxidation sites excluding steroid dienone is 2. The summed E-state index contributed by atoms with van der Waals surface area (Å²) in [7, 11) is 3.76. The largest absolute Gasteiger partial charge is 0.383 e. The summed E-state index contributed by atoms with van der Waals surface area (Å²) in [5.74, 6) is -0.00690.